The number of aliphatic carboxylic acids is 1. The standard InChI is InChI=1S/C12H14N2O4/c15-11(14-5-1-2-8(14)12(16)17)10-9(7-3-4-7)13-6-18-10/h6-8H,1-5H2,(H,16,17). The number of carbonyl (C=O) groups is 2. The first-order valence-corrected chi connectivity index (χ1v) is 6.15. The first-order valence-electron chi connectivity index (χ1n) is 6.15. The van der Waals surface area contributed by atoms with E-state index in [1.165, 1.54) is 11.3 Å². The van der Waals surface area contributed by atoms with E-state index >= 15 is 0 Å². The number of carbonyl (C=O) groups excluding carboxylic acids is 1. The number of hydrogen-bond acceptors (Lipinski definition) is 4. The quantitative estimate of drug-likeness (QED) is 0.872. The van der Waals surface area contributed by atoms with Gasteiger partial charge in [-0.3, -0.25) is 4.79 Å². The second kappa shape index (κ2) is 4.12. The maximum atomic E-state index is 12.3. The summed E-state index contributed by atoms with van der Waals surface area (Å²) in [7, 11) is 0. The Labute approximate surface area is 104 Å². The van der Waals surface area contributed by atoms with E-state index in [9.17, 15) is 9.59 Å². The van der Waals surface area contributed by atoms with Crippen LogP contribution in [0, 0.1) is 0 Å². The van der Waals surface area contributed by atoms with E-state index in [0.29, 0.717) is 24.6 Å². The first-order chi connectivity index (χ1) is 8.68. The van der Waals surface area contributed by atoms with Gasteiger partial charge in [0.1, 0.15) is 6.04 Å². The van der Waals surface area contributed by atoms with Crippen LogP contribution < -0.4 is 0 Å². The van der Waals surface area contributed by atoms with Crippen LogP contribution in [0.1, 0.15) is 47.8 Å². The maximum absolute atomic E-state index is 12.3. The zero-order valence-electron chi connectivity index (χ0n) is 9.83. The van der Waals surface area contributed by atoms with Crippen molar-refractivity contribution in [2.75, 3.05) is 6.54 Å². The molecule has 2 fully saturated rings. The minimum Gasteiger partial charge on any atom is -0.480 e. The Bertz CT molecular complexity index is 492. The summed E-state index contributed by atoms with van der Waals surface area (Å²) in [5.41, 5.74) is 0.691. The summed E-state index contributed by atoms with van der Waals surface area (Å²) in [6, 6.07) is -0.727. The van der Waals surface area contributed by atoms with Crippen molar-refractivity contribution >= 4 is 11.9 Å². The van der Waals surface area contributed by atoms with Crippen LogP contribution in [0.25, 0.3) is 0 Å². The Balaban J connectivity index is 1.85. The van der Waals surface area contributed by atoms with E-state index in [4.69, 9.17) is 9.52 Å². The molecule has 2 heterocycles. The first kappa shape index (κ1) is 11.3. The summed E-state index contributed by atoms with van der Waals surface area (Å²) >= 11 is 0. The molecule has 1 saturated heterocycles. The predicted octanol–water partition coefficient (Wildman–Crippen LogP) is 1.24. The molecule has 1 amide bonds. The number of nitrogens with zero attached hydrogens (tertiary/aromatic N) is 2. The van der Waals surface area contributed by atoms with E-state index in [0.717, 1.165) is 19.3 Å². The summed E-state index contributed by atoms with van der Waals surface area (Å²) < 4.78 is 5.17. The van der Waals surface area contributed by atoms with Crippen molar-refractivity contribution in [1.82, 2.24) is 9.88 Å². The molecule has 0 radical (unpaired) electrons. The number of aromatic nitrogens is 1. The van der Waals surface area contributed by atoms with Crippen LogP contribution in [0.5, 0.6) is 0 Å². The van der Waals surface area contributed by atoms with Gasteiger partial charge in [-0.25, -0.2) is 9.78 Å². The fraction of sp³-hybridized carbons (Fsp3) is 0.583. The average molecular weight is 250 g/mol. The normalized spacial score (nSPS) is 23.3. The van der Waals surface area contributed by atoms with Crippen LogP contribution in [0.3, 0.4) is 0 Å². The van der Waals surface area contributed by atoms with E-state index < -0.39 is 12.0 Å². The third-order valence-electron chi connectivity index (χ3n) is 3.55. The van der Waals surface area contributed by atoms with Crippen LogP contribution in [-0.2, 0) is 4.79 Å². The third-order valence-corrected chi connectivity index (χ3v) is 3.55. The minimum absolute atomic E-state index is 0.227. The van der Waals surface area contributed by atoms with Crippen molar-refractivity contribution in [2.45, 2.75) is 37.6 Å². The van der Waals surface area contributed by atoms with Crippen molar-refractivity contribution in [2.24, 2.45) is 0 Å². The Morgan fingerprint density at radius 1 is 1.39 bits per heavy atom. The van der Waals surface area contributed by atoms with E-state index in [1.54, 1.807) is 0 Å². The van der Waals surface area contributed by atoms with Gasteiger partial charge < -0.3 is 14.4 Å². The van der Waals surface area contributed by atoms with Crippen LogP contribution in [0.4, 0.5) is 0 Å². The molecule has 18 heavy (non-hydrogen) atoms. The third kappa shape index (κ3) is 1.77. The zero-order valence-corrected chi connectivity index (χ0v) is 9.83. The van der Waals surface area contributed by atoms with Gasteiger partial charge in [-0.15, -0.1) is 0 Å². The lowest BCUT2D eigenvalue weighted by Gasteiger charge is -2.20. The molecule has 0 spiro atoms. The Kier molecular flexibility index (Phi) is 2.57. The van der Waals surface area contributed by atoms with Gasteiger partial charge in [0.05, 0.1) is 5.69 Å². The molecule has 1 aromatic heterocycles. The fourth-order valence-corrected chi connectivity index (χ4v) is 2.46. The molecule has 2 aliphatic rings. The van der Waals surface area contributed by atoms with Crippen molar-refractivity contribution in [3.63, 3.8) is 0 Å². The van der Waals surface area contributed by atoms with Crippen LogP contribution >= 0.6 is 0 Å². The number of oxazole rings is 1. The van der Waals surface area contributed by atoms with Gasteiger partial charge in [0.2, 0.25) is 5.76 Å². The topological polar surface area (TPSA) is 83.6 Å². The fourth-order valence-electron chi connectivity index (χ4n) is 2.46. The second-order valence-corrected chi connectivity index (χ2v) is 4.84. The molecule has 6 heteroatoms. The van der Waals surface area contributed by atoms with Gasteiger partial charge in [0, 0.05) is 12.5 Å². The van der Waals surface area contributed by atoms with Crippen LogP contribution in [0.2, 0.25) is 0 Å². The molecule has 1 aromatic rings. The highest BCUT2D eigenvalue weighted by Crippen LogP contribution is 2.41. The molecule has 0 aromatic carbocycles. The molecule has 6 nitrogen and oxygen atoms in total. The molecular weight excluding hydrogens is 236 g/mol. The highest BCUT2D eigenvalue weighted by Gasteiger charge is 2.39. The number of amides is 1. The lowest BCUT2D eigenvalue weighted by molar-refractivity contribution is -0.141. The molecule has 1 aliphatic carbocycles. The molecule has 3 rings (SSSR count). The lowest BCUT2D eigenvalue weighted by atomic mass is 10.2. The summed E-state index contributed by atoms with van der Waals surface area (Å²) in [4.78, 5) is 28.8. The van der Waals surface area contributed by atoms with Crippen molar-refractivity contribution in [3.05, 3.63) is 17.8 Å². The van der Waals surface area contributed by atoms with Gasteiger partial charge in [-0.1, -0.05) is 0 Å². The van der Waals surface area contributed by atoms with E-state index in [-0.39, 0.29) is 11.7 Å². The van der Waals surface area contributed by atoms with Gasteiger partial charge in [0.15, 0.2) is 6.39 Å². The SMILES string of the molecule is O=C(O)C1CCCN1C(=O)c1ocnc1C1CC1. The Hall–Kier alpha value is -1.85. The number of carboxylic acids is 1. The summed E-state index contributed by atoms with van der Waals surface area (Å²) in [5.74, 6) is -0.744. The van der Waals surface area contributed by atoms with Gasteiger partial charge in [0.25, 0.3) is 5.91 Å². The Morgan fingerprint density at radius 3 is 2.83 bits per heavy atom. The molecule has 96 valence electrons. The van der Waals surface area contributed by atoms with Gasteiger partial charge >= 0.3 is 5.97 Å². The van der Waals surface area contributed by atoms with E-state index in [1.807, 2.05) is 0 Å². The van der Waals surface area contributed by atoms with Crippen LogP contribution in [0.15, 0.2) is 10.8 Å². The zero-order chi connectivity index (χ0) is 12.7. The number of rotatable bonds is 3. The molecule has 1 N–H and O–H groups in total. The summed E-state index contributed by atoms with van der Waals surface area (Å²) in [6.07, 6.45) is 4.54. The van der Waals surface area contributed by atoms with Crippen LogP contribution in [-0.4, -0.2) is 39.5 Å². The molecule has 1 unspecified atom stereocenters. The number of hydrogen-bond donors (Lipinski definition) is 1. The van der Waals surface area contributed by atoms with Gasteiger partial charge in [-0.05, 0) is 25.7 Å². The van der Waals surface area contributed by atoms with Crippen molar-refractivity contribution in [3.8, 4) is 0 Å². The smallest absolute Gasteiger partial charge is 0.326 e. The minimum atomic E-state index is -0.951. The highest BCUT2D eigenvalue weighted by molar-refractivity contribution is 5.95. The molecule has 1 aliphatic heterocycles. The molecule has 1 atom stereocenters. The largest absolute Gasteiger partial charge is 0.480 e. The van der Waals surface area contributed by atoms with Crippen molar-refractivity contribution < 1.29 is 19.1 Å². The van der Waals surface area contributed by atoms with Gasteiger partial charge in [-0.2, -0.15) is 0 Å². The molecule has 0 bridgehead atoms. The maximum Gasteiger partial charge on any atom is 0.326 e. The second-order valence-electron chi connectivity index (χ2n) is 4.84. The number of carboxylic acid groups (broad SMARTS) is 1. The highest BCUT2D eigenvalue weighted by atomic mass is 16.4. The lowest BCUT2D eigenvalue weighted by Crippen LogP contribution is -2.40. The average Bonchev–Trinajstić information content (AvgIpc) is 2.92. The molecule has 1 saturated carbocycles. The van der Waals surface area contributed by atoms with E-state index in [2.05, 4.69) is 4.98 Å². The summed E-state index contributed by atoms with van der Waals surface area (Å²) in [6.45, 7) is 0.473. The monoisotopic (exact) mass is 250 g/mol. The number of likely N-dealkylation sites (tertiary alicyclic amines) is 1. The predicted molar refractivity (Wildman–Crippen MR) is 60.2 cm³/mol. The molecular formula is C12H14N2O4. The summed E-state index contributed by atoms with van der Waals surface area (Å²) in [5, 5.41) is 9.08. The Morgan fingerprint density at radius 2 is 2.17 bits per heavy atom. The van der Waals surface area contributed by atoms with Crippen molar-refractivity contribution in [1.29, 1.82) is 0 Å².